The first-order valence-corrected chi connectivity index (χ1v) is 9.81. The molecular formula is C17H20Cl2N2O3S. The van der Waals surface area contributed by atoms with E-state index in [-0.39, 0.29) is 29.6 Å². The van der Waals surface area contributed by atoms with E-state index in [4.69, 9.17) is 27.9 Å². The lowest BCUT2D eigenvalue weighted by molar-refractivity contribution is 0.177. The first-order chi connectivity index (χ1) is 11.8. The fourth-order valence-corrected chi connectivity index (χ4v) is 5.00. The van der Waals surface area contributed by atoms with Crippen molar-refractivity contribution >= 4 is 33.2 Å². The molecule has 0 radical (unpaired) electrons. The lowest BCUT2D eigenvalue weighted by Gasteiger charge is -2.24. The molecule has 0 spiro atoms. The van der Waals surface area contributed by atoms with Crippen LogP contribution in [0.25, 0.3) is 0 Å². The van der Waals surface area contributed by atoms with Crippen molar-refractivity contribution in [3.63, 3.8) is 0 Å². The average Bonchev–Trinajstić information content (AvgIpc) is 2.57. The average molecular weight is 403 g/mol. The van der Waals surface area contributed by atoms with Crippen molar-refractivity contribution in [1.29, 1.82) is 0 Å². The van der Waals surface area contributed by atoms with Gasteiger partial charge in [0.2, 0.25) is 10.0 Å². The summed E-state index contributed by atoms with van der Waals surface area (Å²) in [6.07, 6.45) is 3.27. The van der Waals surface area contributed by atoms with Gasteiger partial charge in [-0.25, -0.2) is 8.42 Å². The molecule has 0 amide bonds. The Labute approximate surface area is 158 Å². The Morgan fingerprint density at radius 3 is 2.60 bits per heavy atom. The second kappa shape index (κ2) is 8.47. The first kappa shape index (κ1) is 20.1. The molecule has 1 aromatic carbocycles. The van der Waals surface area contributed by atoms with E-state index in [1.807, 2.05) is 6.07 Å². The normalized spacial score (nSPS) is 11.9. The molecule has 0 N–H and O–H groups in total. The van der Waals surface area contributed by atoms with Crippen molar-refractivity contribution in [2.24, 2.45) is 0 Å². The molecule has 0 unspecified atom stereocenters. The van der Waals surface area contributed by atoms with Gasteiger partial charge in [-0.05, 0) is 42.7 Å². The lowest BCUT2D eigenvalue weighted by atomic mass is 10.2. The van der Waals surface area contributed by atoms with Crippen LogP contribution in [0.2, 0.25) is 10.0 Å². The van der Waals surface area contributed by atoms with E-state index in [2.05, 4.69) is 4.98 Å². The number of hydrogen-bond acceptors (Lipinski definition) is 4. The summed E-state index contributed by atoms with van der Waals surface area (Å²) in [5, 5.41) is 0.559. The van der Waals surface area contributed by atoms with Crippen LogP contribution in [-0.4, -0.2) is 38.0 Å². The molecule has 0 aliphatic heterocycles. The quantitative estimate of drug-likeness (QED) is 0.705. The summed E-state index contributed by atoms with van der Waals surface area (Å²) >= 11 is 12.5. The van der Waals surface area contributed by atoms with Crippen LogP contribution >= 0.6 is 23.2 Å². The maximum atomic E-state index is 13.3. The molecular weight excluding hydrogens is 383 g/mol. The minimum Gasteiger partial charge on any atom is -0.383 e. The summed E-state index contributed by atoms with van der Waals surface area (Å²) in [5.74, 6) is 0. The molecule has 0 saturated carbocycles. The third-order valence-corrected chi connectivity index (χ3v) is 6.82. The Morgan fingerprint density at radius 1 is 1.28 bits per heavy atom. The number of pyridine rings is 1. The van der Waals surface area contributed by atoms with Gasteiger partial charge in [0.05, 0.1) is 11.6 Å². The fourth-order valence-electron chi connectivity index (χ4n) is 2.42. The van der Waals surface area contributed by atoms with Crippen molar-refractivity contribution in [2.45, 2.75) is 25.3 Å². The number of hydrogen-bond donors (Lipinski definition) is 0. The predicted octanol–water partition coefficient (Wildman–Crippen LogP) is 3.84. The highest BCUT2D eigenvalue weighted by molar-refractivity contribution is 7.89. The zero-order valence-electron chi connectivity index (χ0n) is 14.3. The van der Waals surface area contributed by atoms with Crippen molar-refractivity contribution in [1.82, 2.24) is 9.29 Å². The molecule has 0 atom stereocenters. The maximum absolute atomic E-state index is 13.3. The fraction of sp³-hybridized carbons (Fsp3) is 0.353. The van der Waals surface area contributed by atoms with Crippen LogP contribution in [0.1, 0.15) is 16.7 Å². The van der Waals surface area contributed by atoms with E-state index in [1.165, 1.54) is 11.4 Å². The highest BCUT2D eigenvalue weighted by Crippen LogP contribution is 2.35. The summed E-state index contributed by atoms with van der Waals surface area (Å²) in [5.41, 5.74) is 1.82. The van der Waals surface area contributed by atoms with Crippen LogP contribution in [0.4, 0.5) is 0 Å². The molecule has 0 bridgehead atoms. The first-order valence-electron chi connectivity index (χ1n) is 7.62. The van der Waals surface area contributed by atoms with E-state index in [0.717, 1.165) is 5.56 Å². The molecule has 1 heterocycles. The van der Waals surface area contributed by atoms with Gasteiger partial charge >= 0.3 is 0 Å². The van der Waals surface area contributed by atoms with Crippen LogP contribution < -0.4 is 0 Å². The number of rotatable bonds is 7. The van der Waals surface area contributed by atoms with Gasteiger partial charge in [-0.2, -0.15) is 4.31 Å². The molecule has 2 aromatic rings. The highest BCUT2D eigenvalue weighted by atomic mass is 35.5. The van der Waals surface area contributed by atoms with Crippen LogP contribution in [0.3, 0.4) is 0 Å². The molecule has 25 heavy (non-hydrogen) atoms. The van der Waals surface area contributed by atoms with Gasteiger partial charge in [-0.15, -0.1) is 0 Å². The Balaban J connectivity index is 2.52. The van der Waals surface area contributed by atoms with E-state index >= 15 is 0 Å². The van der Waals surface area contributed by atoms with Gasteiger partial charge in [0.1, 0.15) is 4.90 Å². The molecule has 0 aliphatic carbocycles. The second-order valence-electron chi connectivity index (χ2n) is 5.64. The molecule has 5 nitrogen and oxygen atoms in total. The zero-order valence-corrected chi connectivity index (χ0v) is 16.6. The van der Waals surface area contributed by atoms with Gasteiger partial charge in [0.15, 0.2) is 0 Å². The number of methoxy groups -OCH3 is 1. The van der Waals surface area contributed by atoms with Gasteiger partial charge in [-0.3, -0.25) is 4.98 Å². The van der Waals surface area contributed by atoms with Crippen LogP contribution in [0.5, 0.6) is 0 Å². The van der Waals surface area contributed by atoms with E-state index in [9.17, 15) is 8.42 Å². The summed E-state index contributed by atoms with van der Waals surface area (Å²) in [6, 6.07) is 5.25. The molecule has 136 valence electrons. The summed E-state index contributed by atoms with van der Waals surface area (Å²) in [7, 11) is -2.34. The lowest BCUT2D eigenvalue weighted by Crippen LogP contribution is -2.34. The third kappa shape index (κ3) is 4.51. The molecule has 0 aliphatic rings. The molecule has 0 fully saturated rings. The maximum Gasteiger partial charge on any atom is 0.245 e. The van der Waals surface area contributed by atoms with Crippen LogP contribution in [0, 0.1) is 13.8 Å². The van der Waals surface area contributed by atoms with Gasteiger partial charge in [0, 0.05) is 37.6 Å². The minimum absolute atomic E-state index is 0.0409. The summed E-state index contributed by atoms with van der Waals surface area (Å²) in [6.45, 7) is 4.00. The molecule has 0 saturated heterocycles. The number of ether oxygens (including phenoxy) is 1. The standard InChI is InChI=1S/C17H20Cl2N2O3S/c1-12-9-15(18)13(2)17(16(12)19)25(22,23)21(7-8-24-3)11-14-5-4-6-20-10-14/h4-6,9-10H,7-8,11H2,1-3H3. The molecule has 8 heteroatoms. The third-order valence-electron chi connectivity index (χ3n) is 3.81. The SMILES string of the molecule is COCCN(Cc1cccnc1)S(=O)(=O)c1c(C)c(Cl)cc(C)c1Cl. The summed E-state index contributed by atoms with van der Waals surface area (Å²) < 4.78 is 33.0. The highest BCUT2D eigenvalue weighted by Gasteiger charge is 2.30. The largest absolute Gasteiger partial charge is 0.383 e. The Morgan fingerprint density at radius 2 is 2.00 bits per heavy atom. The van der Waals surface area contributed by atoms with Crippen molar-refractivity contribution in [2.75, 3.05) is 20.3 Å². The second-order valence-corrected chi connectivity index (χ2v) is 8.30. The van der Waals surface area contributed by atoms with E-state index < -0.39 is 10.0 Å². The Bertz CT molecular complexity index is 816. The number of sulfonamides is 1. The minimum atomic E-state index is -3.87. The van der Waals surface area contributed by atoms with E-state index in [0.29, 0.717) is 16.1 Å². The Hall–Kier alpha value is -1.18. The van der Waals surface area contributed by atoms with E-state index in [1.54, 1.807) is 38.4 Å². The summed E-state index contributed by atoms with van der Waals surface area (Å²) in [4.78, 5) is 4.08. The van der Waals surface area contributed by atoms with Crippen LogP contribution in [0.15, 0.2) is 35.5 Å². The molecule has 2 rings (SSSR count). The number of benzene rings is 1. The topological polar surface area (TPSA) is 59.5 Å². The molecule has 1 aromatic heterocycles. The number of aromatic nitrogens is 1. The Kier molecular flexibility index (Phi) is 6.82. The monoisotopic (exact) mass is 402 g/mol. The zero-order chi connectivity index (χ0) is 18.6. The van der Waals surface area contributed by atoms with Gasteiger partial charge in [0.25, 0.3) is 0 Å². The van der Waals surface area contributed by atoms with Crippen molar-refractivity contribution < 1.29 is 13.2 Å². The smallest absolute Gasteiger partial charge is 0.245 e. The predicted molar refractivity (Wildman–Crippen MR) is 99.6 cm³/mol. The number of nitrogens with zero attached hydrogens (tertiary/aromatic N) is 2. The van der Waals surface area contributed by atoms with Gasteiger partial charge < -0.3 is 4.74 Å². The van der Waals surface area contributed by atoms with Crippen LogP contribution in [-0.2, 0) is 21.3 Å². The number of halogens is 2. The van der Waals surface area contributed by atoms with Gasteiger partial charge in [-0.1, -0.05) is 29.3 Å². The van der Waals surface area contributed by atoms with Crippen molar-refractivity contribution in [3.8, 4) is 0 Å². The number of aryl methyl sites for hydroxylation is 1. The van der Waals surface area contributed by atoms with Crippen molar-refractivity contribution in [3.05, 3.63) is 57.3 Å².